The first-order valence-corrected chi connectivity index (χ1v) is 8.34. The lowest BCUT2D eigenvalue weighted by atomic mass is 9.92. The van der Waals surface area contributed by atoms with Gasteiger partial charge in [0.25, 0.3) is 0 Å². The molecule has 4 nitrogen and oxygen atoms in total. The van der Waals surface area contributed by atoms with Crippen molar-refractivity contribution >= 4 is 5.97 Å². The summed E-state index contributed by atoms with van der Waals surface area (Å²) in [6.07, 6.45) is 0.433. The Morgan fingerprint density at radius 3 is 1.92 bits per heavy atom. The second-order valence-corrected chi connectivity index (χ2v) is 5.93. The molecular weight excluding hydrogens is 328 g/mol. The average molecular weight is 348 g/mol. The van der Waals surface area contributed by atoms with Gasteiger partial charge in [-0.05, 0) is 53.9 Å². The van der Waals surface area contributed by atoms with Crippen molar-refractivity contribution in [2.75, 3.05) is 7.11 Å². The Bertz CT molecular complexity index is 840. The van der Waals surface area contributed by atoms with Crippen molar-refractivity contribution < 1.29 is 19.4 Å². The van der Waals surface area contributed by atoms with E-state index >= 15 is 0 Å². The third kappa shape index (κ3) is 4.42. The molecule has 26 heavy (non-hydrogen) atoms. The largest absolute Gasteiger partial charge is 0.497 e. The molecule has 0 aromatic heterocycles. The van der Waals surface area contributed by atoms with Crippen LogP contribution in [0.2, 0.25) is 0 Å². The number of benzene rings is 3. The van der Waals surface area contributed by atoms with Gasteiger partial charge in [-0.3, -0.25) is 4.79 Å². The molecule has 0 radical (unpaired) electrons. The van der Waals surface area contributed by atoms with Crippen molar-refractivity contribution in [2.24, 2.45) is 0 Å². The van der Waals surface area contributed by atoms with Gasteiger partial charge < -0.3 is 14.6 Å². The maximum Gasteiger partial charge on any atom is 0.311 e. The van der Waals surface area contributed by atoms with Crippen molar-refractivity contribution in [3.05, 3.63) is 90.0 Å². The van der Waals surface area contributed by atoms with E-state index in [1.807, 2.05) is 78.9 Å². The number of rotatable bonds is 7. The molecule has 0 saturated heterocycles. The van der Waals surface area contributed by atoms with E-state index in [0.29, 0.717) is 17.9 Å². The highest BCUT2D eigenvalue weighted by atomic mass is 16.5. The van der Waals surface area contributed by atoms with Gasteiger partial charge in [-0.1, -0.05) is 42.5 Å². The van der Waals surface area contributed by atoms with Gasteiger partial charge in [0.1, 0.15) is 17.2 Å². The summed E-state index contributed by atoms with van der Waals surface area (Å²) in [6.45, 7) is 0. The van der Waals surface area contributed by atoms with E-state index in [0.717, 1.165) is 16.9 Å². The van der Waals surface area contributed by atoms with Crippen LogP contribution in [0, 0.1) is 0 Å². The Morgan fingerprint density at radius 1 is 0.846 bits per heavy atom. The molecule has 3 aromatic rings. The third-order valence-electron chi connectivity index (χ3n) is 4.16. The fourth-order valence-corrected chi connectivity index (χ4v) is 2.74. The molecule has 0 fully saturated rings. The highest BCUT2D eigenvalue weighted by molar-refractivity contribution is 5.76. The van der Waals surface area contributed by atoms with Crippen molar-refractivity contribution in [2.45, 2.75) is 12.3 Å². The van der Waals surface area contributed by atoms with Crippen molar-refractivity contribution in [1.29, 1.82) is 0 Å². The Hall–Kier alpha value is -3.27. The number of hydrogen-bond donors (Lipinski definition) is 1. The van der Waals surface area contributed by atoms with Gasteiger partial charge in [0.2, 0.25) is 0 Å². The molecule has 0 spiro atoms. The van der Waals surface area contributed by atoms with Crippen molar-refractivity contribution in [3.8, 4) is 17.2 Å². The van der Waals surface area contributed by atoms with Gasteiger partial charge in [-0.2, -0.15) is 0 Å². The Kier molecular flexibility index (Phi) is 5.54. The van der Waals surface area contributed by atoms with E-state index in [9.17, 15) is 9.90 Å². The molecule has 0 aliphatic heterocycles. The molecule has 0 saturated carbocycles. The van der Waals surface area contributed by atoms with Gasteiger partial charge >= 0.3 is 5.97 Å². The van der Waals surface area contributed by atoms with Gasteiger partial charge in [0.15, 0.2) is 0 Å². The minimum absolute atomic E-state index is 0.433. The van der Waals surface area contributed by atoms with Crippen LogP contribution >= 0.6 is 0 Å². The van der Waals surface area contributed by atoms with E-state index in [-0.39, 0.29) is 0 Å². The standard InChI is InChI=1S/C22H20O4/c1-25-18-11-13-20(14-12-18)26-19-9-7-16(8-10-19)15-21(22(23)24)17-5-3-2-4-6-17/h2-14,21H,15H2,1H3,(H,23,24). The monoisotopic (exact) mass is 348 g/mol. The lowest BCUT2D eigenvalue weighted by Crippen LogP contribution is -2.14. The second-order valence-electron chi connectivity index (χ2n) is 5.93. The molecule has 1 N–H and O–H groups in total. The topological polar surface area (TPSA) is 55.8 Å². The molecule has 3 rings (SSSR count). The Balaban J connectivity index is 1.69. The van der Waals surface area contributed by atoms with E-state index in [2.05, 4.69) is 0 Å². The third-order valence-corrected chi connectivity index (χ3v) is 4.16. The molecule has 0 bridgehead atoms. The van der Waals surface area contributed by atoms with Gasteiger partial charge in [0.05, 0.1) is 13.0 Å². The molecule has 0 aliphatic carbocycles. The molecule has 3 aromatic carbocycles. The Morgan fingerprint density at radius 2 is 1.38 bits per heavy atom. The number of carboxylic acid groups (broad SMARTS) is 1. The van der Waals surface area contributed by atoms with Crippen LogP contribution in [0.4, 0.5) is 0 Å². The van der Waals surface area contributed by atoms with E-state index in [1.54, 1.807) is 7.11 Å². The lowest BCUT2D eigenvalue weighted by Gasteiger charge is -2.13. The predicted octanol–water partition coefficient (Wildman–Crippen LogP) is 4.90. The summed E-state index contributed by atoms with van der Waals surface area (Å²) >= 11 is 0. The van der Waals surface area contributed by atoms with Crippen LogP contribution in [0.15, 0.2) is 78.9 Å². The molecule has 1 unspecified atom stereocenters. The van der Waals surface area contributed by atoms with Gasteiger partial charge in [0, 0.05) is 0 Å². The predicted molar refractivity (Wildman–Crippen MR) is 100 cm³/mol. The van der Waals surface area contributed by atoms with Crippen LogP contribution in [0.25, 0.3) is 0 Å². The number of carbonyl (C=O) groups is 1. The highest BCUT2D eigenvalue weighted by Crippen LogP contribution is 2.26. The summed E-state index contributed by atoms with van der Waals surface area (Å²) in [5, 5.41) is 9.55. The minimum atomic E-state index is -0.824. The summed E-state index contributed by atoms with van der Waals surface area (Å²) < 4.78 is 10.9. The number of methoxy groups -OCH3 is 1. The first-order valence-electron chi connectivity index (χ1n) is 8.34. The normalized spacial score (nSPS) is 11.6. The van der Waals surface area contributed by atoms with Crippen LogP contribution in [0.5, 0.6) is 17.2 Å². The van der Waals surface area contributed by atoms with Crippen molar-refractivity contribution in [1.82, 2.24) is 0 Å². The summed E-state index contributed by atoms with van der Waals surface area (Å²) in [4.78, 5) is 11.6. The average Bonchev–Trinajstić information content (AvgIpc) is 2.68. The fraction of sp³-hybridized carbons (Fsp3) is 0.136. The summed E-state index contributed by atoms with van der Waals surface area (Å²) in [5.41, 5.74) is 1.75. The maximum absolute atomic E-state index is 11.6. The first-order chi connectivity index (χ1) is 12.7. The zero-order valence-electron chi connectivity index (χ0n) is 14.5. The zero-order chi connectivity index (χ0) is 18.4. The molecule has 0 amide bonds. The SMILES string of the molecule is COc1ccc(Oc2ccc(CC(C(=O)O)c3ccccc3)cc2)cc1. The fourth-order valence-electron chi connectivity index (χ4n) is 2.74. The number of carboxylic acids is 1. The van der Waals surface area contributed by atoms with E-state index in [4.69, 9.17) is 9.47 Å². The molecule has 1 atom stereocenters. The smallest absolute Gasteiger partial charge is 0.311 e. The molecule has 0 heterocycles. The van der Waals surface area contributed by atoms with Crippen LogP contribution in [0.1, 0.15) is 17.0 Å². The van der Waals surface area contributed by atoms with Crippen molar-refractivity contribution in [3.63, 3.8) is 0 Å². The molecule has 4 heteroatoms. The van der Waals surface area contributed by atoms with Gasteiger partial charge in [-0.15, -0.1) is 0 Å². The minimum Gasteiger partial charge on any atom is -0.497 e. The molecule has 132 valence electrons. The molecule has 0 aliphatic rings. The Labute approximate surface area is 152 Å². The van der Waals surface area contributed by atoms with Gasteiger partial charge in [-0.25, -0.2) is 0 Å². The quantitative estimate of drug-likeness (QED) is 0.660. The van der Waals surface area contributed by atoms with Crippen LogP contribution in [-0.2, 0) is 11.2 Å². The maximum atomic E-state index is 11.6. The summed E-state index contributed by atoms with van der Waals surface area (Å²) in [7, 11) is 1.62. The van der Waals surface area contributed by atoms with E-state index < -0.39 is 11.9 Å². The number of hydrogen-bond acceptors (Lipinski definition) is 3. The van der Waals surface area contributed by atoms with E-state index in [1.165, 1.54) is 0 Å². The summed E-state index contributed by atoms with van der Waals surface area (Å²) in [5.74, 6) is 0.796. The second kappa shape index (κ2) is 8.21. The number of aliphatic carboxylic acids is 1. The lowest BCUT2D eigenvalue weighted by molar-refractivity contribution is -0.138. The highest BCUT2D eigenvalue weighted by Gasteiger charge is 2.20. The van der Waals surface area contributed by atoms with Crippen LogP contribution in [0.3, 0.4) is 0 Å². The summed E-state index contributed by atoms with van der Waals surface area (Å²) in [6, 6.07) is 24.1. The zero-order valence-corrected chi connectivity index (χ0v) is 14.5. The number of ether oxygens (including phenoxy) is 2. The van der Waals surface area contributed by atoms with Crippen LogP contribution in [-0.4, -0.2) is 18.2 Å². The first kappa shape index (κ1) is 17.5. The molecular formula is C22H20O4. The van der Waals surface area contributed by atoms with Crippen LogP contribution < -0.4 is 9.47 Å².